The van der Waals surface area contributed by atoms with Crippen LogP contribution in [0.15, 0.2) is 0 Å². The molecule has 0 aliphatic carbocycles. The first kappa shape index (κ1) is 16.5. The second-order valence-corrected chi connectivity index (χ2v) is 5.37. The van der Waals surface area contributed by atoms with E-state index in [9.17, 15) is 9.36 Å². The molecule has 0 saturated carbocycles. The Bertz CT molecular complexity index is 305. The van der Waals surface area contributed by atoms with Crippen molar-refractivity contribution in [2.45, 2.75) is 58.0 Å². The highest BCUT2D eigenvalue weighted by Gasteiger charge is 2.46. The van der Waals surface area contributed by atoms with E-state index in [1.165, 1.54) is 0 Å². The van der Waals surface area contributed by atoms with Crippen molar-refractivity contribution in [3.8, 4) is 0 Å². The van der Waals surface area contributed by atoms with Gasteiger partial charge in [-0.25, -0.2) is 0 Å². The van der Waals surface area contributed by atoms with Gasteiger partial charge in [-0.3, -0.25) is 9.36 Å². The molecule has 1 saturated heterocycles. The molecule has 110 valence electrons. The maximum atomic E-state index is 12.7. The Morgan fingerprint density at radius 1 is 1.26 bits per heavy atom. The zero-order valence-electron chi connectivity index (χ0n) is 12.1. The molecule has 0 bridgehead atoms. The van der Waals surface area contributed by atoms with Crippen molar-refractivity contribution in [3.63, 3.8) is 0 Å². The summed E-state index contributed by atoms with van der Waals surface area (Å²) in [6.07, 6.45) is 4.00. The number of rotatable bonds is 7. The lowest BCUT2D eigenvalue weighted by atomic mass is 10.00. The fraction of sp³-hybridized carbons (Fsp3) is 0.923. The number of hydrogen-bond acceptors (Lipinski definition) is 4. The van der Waals surface area contributed by atoms with Gasteiger partial charge in [-0.2, -0.15) is 0 Å². The first-order chi connectivity index (χ1) is 9.15. The van der Waals surface area contributed by atoms with Crippen LogP contribution >= 0.6 is 8.46 Å². The molecule has 0 aromatic rings. The maximum absolute atomic E-state index is 12.7. The second kappa shape index (κ2) is 7.93. The van der Waals surface area contributed by atoms with Gasteiger partial charge in [-0.1, -0.05) is 6.92 Å². The molecule has 0 aromatic heterocycles. The molecular formula is C13H24NO4P. The van der Waals surface area contributed by atoms with Crippen LogP contribution in [0, 0.1) is 0 Å². The van der Waals surface area contributed by atoms with Gasteiger partial charge in [0, 0.05) is 25.8 Å². The van der Waals surface area contributed by atoms with Crippen LogP contribution in [0.3, 0.4) is 0 Å². The second-order valence-electron chi connectivity index (χ2n) is 4.60. The predicted octanol–water partition coefficient (Wildman–Crippen LogP) is 2.80. The summed E-state index contributed by atoms with van der Waals surface area (Å²) in [5.41, 5.74) is -1.66. The van der Waals surface area contributed by atoms with Crippen molar-refractivity contribution < 1.29 is 18.8 Å². The number of hydrogen-bond donors (Lipinski definition) is 0. The topological polar surface area (TPSA) is 55.8 Å². The molecule has 0 N–H and O–H groups in total. The Hall–Kier alpha value is -0.510. The van der Waals surface area contributed by atoms with Crippen LogP contribution in [-0.2, 0) is 18.8 Å². The first-order valence-electron chi connectivity index (χ1n) is 7.08. The Labute approximate surface area is 116 Å². The van der Waals surface area contributed by atoms with Crippen LogP contribution in [0.2, 0.25) is 0 Å². The van der Waals surface area contributed by atoms with Crippen molar-refractivity contribution in [3.05, 3.63) is 0 Å². The summed E-state index contributed by atoms with van der Waals surface area (Å²) in [4.78, 5) is 14.4. The fourth-order valence-corrected chi connectivity index (χ4v) is 3.09. The monoisotopic (exact) mass is 289 g/mol. The zero-order valence-corrected chi connectivity index (χ0v) is 12.9. The van der Waals surface area contributed by atoms with E-state index in [2.05, 4.69) is 6.92 Å². The third kappa shape index (κ3) is 3.74. The van der Waals surface area contributed by atoms with E-state index in [1.807, 2.05) is 0 Å². The minimum Gasteiger partial charge on any atom is -0.334 e. The first-order valence-corrected chi connectivity index (χ1v) is 7.89. The molecule has 19 heavy (non-hydrogen) atoms. The molecule has 5 nitrogen and oxygen atoms in total. The van der Waals surface area contributed by atoms with Crippen molar-refractivity contribution in [1.82, 2.24) is 4.90 Å². The smallest absolute Gasteiger partial charge is 0.333 e. The number of ether oxygens (including phenoxy) is 2. The molecule has 1 atom stereocenters. The number of amides is 1. The van der Waals surface area contributed by atoms with Crippen LogP contribution in [-0.4, -0.2) is 42.1 Å². The average Bonchev–Trinajstić information content (AvgIpc) is 2.46. The molecule has 1 fully saturated rings. The molecule has 1 heterocycles. The Balaban J connectivity index is 2.93. The Morgan fingerprint density at radius 2 is 1.89 bits per heavy atom. The molecule has 1 aliphatic rings. The van der Waals surface area contributed by atoms with E-state index in [0.717, 1.165) is 25.7 Å². The van der Waals surface area contributed by atoms with E-state index in [4.69, 9.17) is 9.47 Å². The SMILES string of the molecule is CCOC(OCC)(P=O)C(=O)N1CCCCC1CC. The molecular weight excluding hydrogens is 265 g/mol. The van der Waals surface area contributed by atoms with Gasteiger partial charge in [0.05, 0.1) is 0 Å². The summed E-state index contributed by atoms with van der Waals surface area (Å²) in [6, 6.07) is 0.197. The molecule has 0 spiro atoms. The molecule has 1 aliphatic heterocycles. The fourth-order valence-electron chi connectivity index (χ4n) is 2.52. The summed E-state index contributed by atoms with van der Waals surface area (Å²) >= 11 is 0. The number of nitrogens with zero attached hydrogens (tertiary/aromatic N) is 1. The van der Waals surface area contributed by atoms with Crippen molar-refractivity contribution in [2.75, 3.05) is 19.8 Å². The molecule has 0 aromatic carbocycles. The van der Waals surface area contributed by atoms with Gasteiger partial charge in [0.15, 0.2) is 0 Å². The standard InChI is InChI=1S/C13H24NO4P/c1-4-11-9-7-8-10-14(11)12(15)13(19-16,17-5-2)18-6-3/h11H,4-10H2,1-3H3. The van der Waals surface area contributed by atoms with Gasteiger partial charge >= 0.3 is 5.53 Å². The highest BCUT2D eigenvalue weighted by Crippen LogP contribution is 2.32. The number of likely N-dealkylation sites (tertiary alicyclic amines) is 1. The van der Waals surface area contributed by atoms with Crippen molar-refractivity contribution in [2.24, 2.45) is 0 Å². The minimum atomic E-state index is -1.66. The number of carbonyl (C=O) groups is 1. The molecule has 0 radical (unpaired) electrons. The molecule has 1 unspecified atom stereocenters. The van der Waals surface area contributed by atoms with Gasteiger partial charge < -0.3 is 14.4 Å². The summed E-state index contributed by atoms with van der Waals surface area (Å²) in [5.74, 6) is -0.306. The third-order valence-corrected chi connectivity index (χ3v) is 4.12. The summed E-state index contributed by atoms with van der Waals surface area (Å²) < 4.78 is 22.3. The van der Waals surface area contributed by atoms with Crippen LogP contribution < -0.4 is 0 Å². The Morgan fingerprint density at radius 3 is 2.37 bits per heavy atom. The Kier molecular flexibility index (Phi) is 6.90. The van der Waals surface area contributed by atoms with Gasteiger partial charge in [0.1, 0.15) is 0 Å². The van der Waals surface area contributed by atoms with E-state index < -0.39 is 14.0 Å². The van der Waals surface area contributed by atoms with Gasteiger partial charge in [0.2, 0.25) is 8.46 Å². The number of carbonyl (C=O) groups excluding carboxylic acids is 1. The minimum absolute atomic E-state index is 0.197. The third-order valence-electron chi connectivity index (χ3n) is 3.43. The average molecular weight is 289 g/mol. The van der Waals surface area contributed by atoms with Crippen molar-refractivity contribution >= 4 is 14.4 Å². The summed E-state index contributed by atoms with van der Waals surface area (Å²) in [7, 11) is -0.431. The van der Waals surface area contributed by atoms with Crippen molar-refractivity contribution in [1.29, 1.82) is 0 Å². The molecule has 6 heteroatoms. The van der Waals surface area contributed by atoms with Crippen LogP contribution in [0.5, 0.6) is 0 Å². The van der Waals surface area contributed by atoms with Crippen LogP contribution in [0.4, 0.5) is 0 Å². The zero-order chi connectivity index (χ0) is 14.3. The summed E-state index contributed by atoms with van der Waals surface area (Å²) in [6.45, 7) is 6.85. The van der Waals surface area contributed by atoms with E-state index in [1.54, 1.807) is 18.7 Å². The van der Waals surface area contributed by atoms with Gasteiger partial charge in [-0.05, 0) is 39.5 Å². The largest absolute Gasteiger partial charge is 0.334 e. The van der Waals surface area contributed by atoms with Gasteiger partial charge in [0.25, 0.3) is 5.91 Å². The van der Waals surface area contributed by atoms with Crippen LogP contribution in [0.25, 0.3) is 0 Å². The normalized spacial score (nSPS) is 20.8. The van der Waals surface area contributed by atoms with E-state index in [0.29, 0.717) is 6.54 Å². The summed E-state index contributed by atoms with van der Waals surface area (Å²) in [5, 5.41) is 0. The molecule has 1 rings (SSSR count). The lowest BCUT2D eigenvalue weighted by Crippen LogP contribution is -2.54. The lowest BCUT2D eigenvalue weighted by Gasteiger charge is -2.39. The van der Waals surface area contributed by atoms with Gasteiger partial charge in [-0.15, -0.1) is 0 Å². The highest BCUT2D eigenvalue weighted by molar-refractivity contribution is 7.27. The molecule has 1 amide bonds. The predicted molar refractivity (Wildman–Crippen MR) is 73.2 cm³/mol. The van der Waals surface area contributed by atoms with E-state index in [-0.39, 0.29) is 25.2 Å². The quantitative estimate of drug-likeness (QED) is 0.534. The van der Waals surface area contributed by atoms with E-state index >= 15 is 0 Å². The lowest BCUT2D eigenvalue weighted by molar-refractivity contribution is -0.199. The van der Waals surface area contributed by atoms with Crippen LogP contribution in [0.1, 0.15) is 46.5 Å². The number of piperidine rings is 1. The highest BCUT2D eigenvalue weighted by atomic mass is 31.1. The maximum Gasteiger partial charge on any atom is 0.333 e.